The van der Waals surface area contributed by atoms with Crippen molar-refractivity contribution in [3.63, 3.8) is 0 Å². The molecule has 3 saturated carbocycles. The van der Waals surface area contributed by atoms with Gasteiger partial charge in [0.25, 0.3) is 0 Å². The average Bonchev–Trinajstić information content (AvgIpc) is 3.03. The molecule has 0 aromatic rings. The number of hydrogen-bond acceptors (Lipinski definition) is 1. The van der Waals surface area contributed by atoms with Crippen LogP contribution in [-0.2, 0) is 0 Å². The van der Waals surface area contributed by atoms with Crippen LogP contribution in [0.25, 0.3) is 0 Å². The first-order valence-electron chi connectivity index (χ1n) is 12.7. The highest BCUT2D eigenvalue weighted by Gasteiger charge is 2.57. The summed E-state index contributed by atoms with van der Waals surface area (Å²) in [5.74, 6) is 5.25. The lowest BCUT2D eigenvalue weighted by atomic mass is 9.47. The Labute approximate surface area is 180 Å². The van der Waals surface area contributed by atoms with Crippen LogP contribution in [-0.4, -0.2) is 11.2 Å². The average molecular weight is 399 g/mol. The summed E-state index contributed by atoms with van der Waals surface area (Å²) in [7, 11) is 0. The summed E-state index contributed by atoms with van der Waals surface area (Å²) in [6, 6.07) is 0. The molecule has 0 bridgehead atoms. The molecule has 4 aliphatic rings. The quantitative estimate of drug-likeness (QED) is 0.489. The highest BCUT2D eigenvalue weighted by molar-refractivity contribution is 5.28. The predicted molar refractivity (Wildman–Crippen MR) is 124 cm³/mol. The number of rotatable bonds is 4. The number of hydrogen-bond donors (Lipinski definition) is 1. The van der Waals surface area contributed by atoms with Gasteiger partial charge in [-0.3, -0.25) is 0 Å². The Morgan fingerprint density at radius 3 is 2.34 bits per heavy atom. The lowest BCUT2D eigenvalue weighted by Crippen LogP contribution is -2.49. The van der Waals surface area contributed by atoms with Gasteiger partial charge in [0, 0.05) is 0 Å². The number of fused-ring (bicyclic) bond motifs is 5. The van der Waals surface area contributed by atoms with E-state index >= 15 is 0 Å². The number of allylic oxidation sites excluding steroid dienone is 4. The first kappa shape index (κ1) is 21.7. The van der Waals surface area contributed by atoms with Gasteiger partial charge >= 0.3 is 0 Å². The van der Waals surface area contributed by atoms with Gasteiger partial charge in [0.1, 0.15) is 0 Å². The van der Waals surface area contributed by atoms with Crippen LogP contribution in [0.2, 0.25) is 0 Å². The second kappa shape index (κ2) is 7.85. The van der Waals surface area contributed by atoms with E-state index in [0.717, 1.165) is 36.5 Å². The number of aliphatic hydroxyl groups excluding tert-OH is 1. The Morgan fingerprint density at radius 1 is 0.931 bits per heavy atom. The molecule has 0 aromatic heterocycles. The van der Waals surface area contributed by atoms with E-state index in [2.05, 4.69) is 59.8 Å². The van der Waals surface area contributed by atoms with Gasteiger partial charge in [0.15, 0.2) is 0 Å². The smallest absolute Gasteiger partial charge is 0.0543 e. The molecule has 0 aliphatic heterocycles. The molecule has 0 saturated heterocycles. The molecule has 0 radical (unpaired) electrons. The van der Waals surface area contributed by atoms with Crippen LogP contribution >= 0.6 is 0 Å². The van der Waals surface area contributed by atoms with Gasteiger partial charge in [-0.05, 0) is 104 Å². The van der Waals surface area contributed by atoms with Crippen molar-refractivity contribution in [1.29, 1.82) is 0 Å². The van der Waals surface area contributed by atoms with Gasteiger partial charge < -0.3 is 5.11 Å². The zero-order chi connectivity index (χ0) is 21.0. The van der Waals surface area contributed by atoms with Gasteiger partial charge in [0.05, 0.1) is 6.10 Å². The van der Waals surface area contributed by atoms with E-state index in [1.807, 2.05) is 5.57 Å². The lowest BCUT2D eigenvalue weighted by Gasteiger charge is -2.57. The van der Waals surface area contributed by atoms with Crippen molar-refractivity contribution in [2.45, 2.75) is 99.0 Å². The highest BCUT2D eigenvalue weighted by atomic mass is 16.3. The Bertz CT molecular complexity index is 659. The van der Waals surface area contributed by atoms with Gasteiger partial charge in [0.2, 0.25) is 0 Å². The molecule has 3 fully saturated rings. The minimum Gasteiger partial charge on any atom is -0.393 e. The fourth-order valence-electron chi connectivity index (χ4n) is 8.10. The zero-order valence-electron chi connectivity index (χ0n) is 20.0. The second-order valence-corrected chi connectivity index (χ2v) is 12.3. The van der Waals surface area contributed by atoms with E-state index in [4.69, 9.17) is 0 Å². The molecule has 4 rings (SSSR count). The molecular weight excluding hydrogens is 352 g/mol. The van der Waals surface area contributed by atoms with Crippen LogP contribution in [0.4, 0.5) is 0 Å². The molecule has 9 atom stereocenters. The van der Waals surface area contributed by atoms with E-state index in [-0.39, 0.29) is 6.10 Å². The van der Waals surface area contributed by atoms with Crippen molar-refractivity contribution in [1.82, 2.24) is 0 Å². The second-order valence-electron chi connectivity index (χ2n) is 12.3. The van der Waals surface area contributed by atoms with Crippen molar-refractivity contribution in [3.8, 4) is 0 Å². The van der Waals surface area contributed by atoms with Crippen molar-refractivity contribution in [2.75, 3.05) is 0 Å². The van der Waals surface area contributed by atoms with E-state index < -0.39 is 0 Å². The van der Waals surface area contributed by atoms with Crippen LogP contribution in [0.5, 0.6) is 0 Å². The van der Waals surface area contributed by atoms with E-state index in [1.165, 1.54) is 38.5 Å². The first-order valence-corrected chi connectivity index (χ1v) is 12.7. The Balaban J connectivity index is 1.54. The minimum atomic E-state index is -0.0476. The lowest BCUT2D eigenvalue weighted by molar-refractivity contribution is -0.0414. The Hall–Kier alpha value is -0.560. The summed E-state index contributed by atoms with van der Waals surface area (Å²) in [6.45, 7) is 14.7. The molecule has 0 amide bonds. The van der Waals surface area contributed by atoms with Crippen molar-refractivity contribution < 1.29 is 5.11 Å². The molecule has 4 aliphatic carbocycles. The third-order valence-electron chi connectivity index (χ3n) is 10.5. The largest absolute Gasteiger partial charge is 0.393 e. The number of aliphatic hydroxyl groups is 1. The standard InChI is InChI=1S/C28H46O/c1-18(2)19(3)7-8-20(4)24-11-12-25-23-10-9-21-17-22(29)13-15-27(21,5)26(23)14-16-28(24,25)6/h7-8,10,18-22,24-26,29H,9,11-17H2,1-6H3/b8-7-/t19-,20+,21-,22-,24+,25-,26-,27-,28+/m0/s1. The molecule has 1 heteroatoms. The molecule has 1 N–H and O–H groups in total. The van der Waals surface area contributed by atoms with Crippen LogP contribution in [0.3, 0.4) is 0 Å². The molecular formula is C28H46O. The van der Waals surface area contributed by atoms with Crippen LogP contribution in [0, 0.1) is 52.3 Å². The zero-order valence-corrected chi connectivity index (χ0v) is 20.0. The monoisotopic (exact) mass is 398 g/mol. The van der Waals surface area contributed by atoms with Gasteiger partial charge in [-0.1, -0.05) is 65.3 Å². The van der Waals surface area contributed by atoms with Gasteiger partial charge in [-0.15, -0.1) is 0 Å². The van der Waals surface area contributed by atoms with Crippen LogP contribution in [0.1, 0.15) is 92.9 Å². The molecule has 164 valence electrons. The Morgan fingerprint density at radius 2 is 1.62 bits per heavy atom. The first-order chi connectivity index (χ1) is 13.7. The summed E-state index contributed by atoms with van der Waals surface area (Å²) in [5.41, 5.74) is 2.79. The maximum absolute atomic E-state index is 10.2. The normalized spacial score (nSPS) is 46.8. The van der Waals surface area contributed by atoms with Crippen molar-refractivity contribution in [2.24, 2.45) is 52.3 Å². The maximum Gasteiger partial charge on any atom is 0.0543 e. The summed E-state index contributed by atoms with van der Waals surface area (Å²) in [6.07, 6.45) is 17.8. The third kappa shape index (κ3) is 3.58. The van der Waals surface area contributed by atoms with Crippen molar-refractivity contribution >= 4 is 0 Å². The van der Waals surface area contributed by atoms with E-state index in [9.17, 15) is 5.11 Å². The summed E-state index contributed by atoms with van der Waals surface area (Å²) in [4.78, 5) is 0. The third-order valence-corrected chi connectivity index (χ3v) is 10.5. The summed E-state index contributed by atoms with van der Waals surface area (Å²) >= 11 is 0. The van der Waals surface area contributed by atoms with Gasteiger partial charge in [-0.2, -0.15) is 0 Å². The summed E-state index contributed by atoms with van der Waals surface area (Å²) in [5, 5.41) is 10.2. The molecule has 0 aromatic carbocycles. The molecule has 1 nitrogen and oxygen atoms in total. The van der Waals surface area contributed by atoms with Gasteiger partial charge in [-0.25, -0.2) is 0 Å². The fraction of sp³-hybridized carbons (Fsp3) is 0.857. The SMILES string of the molecule is CC(C)[C@@H](C)/C=C\[C@@H](C)[C@H]1CC[C@H]2C3=CC[C@H]4C[C@@H](O)CC[C@]4(C)[C@H]3CC[C@]12C. The Kier molecular flexibility index (Phi) is 5.86. The summed E-state index contributed by atoms with van der Waals surface area (Å²) < 4.78 is 0. The topological polar surface area (TPSA) is 20.2 Å². The van der Waals surface area contributed by atoms with E-state index in [0.29, 0.717) is 28.6 Å². The molecule has 29 heavy (non-hydrogen) atoms. The highest BCUT2D eigenvalue weighted by Crippen LogP contribution is 2.66. The predicted octanol–water partition coefficient (Wildman–Crippen LogP) is 7.41. The van der Waals surface area contributed by atoms with Crippen LogP contribution in [0.15, 0.2) is 23.8 Å². The fourth-order valence-corrected chi connectivity index (χ4v) is 8.10. The molecule has 0 heterocycles. The van der Waals surface area contributed by atoms with Crippen molar-refractivity contribution in [3.05, 3.63) is 23.8 Å². The minimum absolute atomic E-state index is 0.0476. The van der Waals surface area contributed by atoms with E-state index in [1.54, 1.807) is 0 Å². The maximum atomic E-state index is 10.2. The molecule has 0 unspecified atom stereocenters. The molecule has 0 spiro atoms. The van der Waals surface area contributed by atoms with Crippen LogP contribution < -0.4 is 0 Å².